The largest absolute Gasteiger partial charge is 0.456 e. The summed E-state index contributed by atoms with van der Waals surface area (Å²) in [6.45, 7) is 0. The molecule has 6 aromatic rings. The van der Waals surface area contributed by atoms with Crippen LogP contribution in [0, 0.1) is 0 Å². The lowest BCUT2D eigenvalue weighted by molar-refractivity contribution is 0.624. The average molecular weight is 384 g/mol. The predicted molar refractivity (Wildman–Crippen MR) is 121 cm³/mol. The van der Waals surface area contributed by atoms with Gasteiger partial charge in [0.05, 0.1) is 0 Å². The van der Waals surface area contributed by atoms with Gasteiger partial charge in [-0.05, 0) is 47.0 Å². The van der Waals surface area contributed by atoms with Crippen molar-refractivity contribution < 1.29 is 8.83 Å². The van der Waals surface area contributed by atoms with Gasteiger partial charge in [-0.2, -0.15) is 0 Å². The number of hydrogen-bond acceptors (Lipinski definition) is 2. The summed E-state index contributed by atoms with van der Waals surface area (Å²) in [5, 5.41) is 2.21. The predicted octanol–water partition coefficient (Wildman–Crippen LogP) is 8.16. The molecule has 0 fully saturated rings. The van der Waals surface area contributed by atoms with Gasteiger partial charge in [-0.1, -0.05) is 66.7 Å². The van der Waals surface area contributed by atoms with Crippen LogP contribution in [0.1, 0.15) is 0 Å². The zero-order valence-electron chi connectivity index (χ0n) is 16.1. The first-order chi connectivity index (χ1) is 14.9. The SMILES string of the molecule is c1ccc2c(c1)-c1ccc(-c3cc4ccccc4o3)c(-c3cc4ccccc4o3)c1-2. The van der Waals surface area contributed by atoms with Gasteiger partial charge in [0, 0.05) is 27.5 Å². The Morgan fingerprint density at radius 1 is 0.400 bits per heavy atom. The molecule has 2 heterocycles. The molecule has 1 aliphatic carbocycles. The van der Waals surface area contributed by atoms with Crippen LogP contribution in [0.2, 0.25) is 0 Å². The fraction of sp³-hybridized carbons (Fsp3) is 0. The van der Waals surface area contributed by atoms with Crippen LogP contribution in [0.4, 0.5) is 0 Å². The van der Waals surface area contributed by atoms with E-state index in [-0.39, 0.29) is 0 Å². The van der Waals surface area contributed by atoms with E-state index in [4.69, 9.17) is 8.83 Å². The van der Waals surface area contributed by atoms with Crippen LogP contribution < -0.4 is 0 Å². The third-order valence-corrected chi connectivity index (χ3v) is 6.05. The smallest absolute Gasteiger partial charge is 0.136 e. The van der Waals surface area contributed by atoms with Crippen molar-refractivity contribution in [2.75, 3.05) is 0 Å². The maximum absolute atomic E-state index is 6.33. The third kappa shape index (κ3) is 2.08. The molecule has 0 saturated carbocycles. The maximum Gasteiger partial charge on any atom is 0.136 e. The van der Waals surface area contributed by atoms with Crippen LogP contribution in [0.25, 0.3) is 66.8 Å². The summed E-state index contributed by atoms with van der Waals surface area (Å²) in [4.78, 5) is 0. The Hall–Kier alpha value is -4.04. The number of fused-ring (bicyclic) bond motifs is 6. The molecule has 2 heteroatoms. The van der Waals surface area contributed by atoms with Crippen molar-refractivity contribution in [3.8, 4) is 44.9 Å². The van der Waals surface area contributed by atoms with Crippen LogP contribution in [0.5, 0.6) is 0 Å². The zero-order chi connectivity index (χ0) is 19.7. The standard InChI is InChI=1S/C28H16O2/c1-5-11-23-17(7-1)15-25(29-23)22-14-13-21-19-9-3-4-10-20(19)27(21)28(22)26-16-18-8-2-6-12-24(18)30-26/h1-16H. The molecule has 4 aromatic carbocycles. The maximum atomic E-state index is 6.33. The molecule has 2 nitrogen and oxygen atoms in total. The molecule has 0 aliphatic heterocycles. The molecular formula is C28H16O2. The molecule has 0 N–H and O–H groups in total. The molecule has 7 rings (SSSR count). The lowest BCUT2D eigenvalue weighted by Gasteiger charge is -2.27. The van der Waals surface area contributed by atoms with Crippen LogP contribution in [0.3, 0.4) is 0 Å². The van der Waals surface area contributed by atoms with Gasteiger partial charge in [-0.25, -0.2) is 0 Å². The van der Waals surface area contributed by atoms with E-state index < -0.39 is 0 Å². The molecule has 0 atom stereocenters. The number of hydrogen-bond donors (Lipinski definition) is 0. The van der Waals surface area contributed by atoms with Gasteiger partial charge in [0.2, 0.25) is 0 Å². The molecular weight excluding hydrogens is 368 g/mol. The van der Waals surface area contributed by atoms with Crippen LogP contribution in [-0.4, -0.2) is 0 Å². The quantitative estimate of drug-likeness (QED) is 0.300. The number of furan rings is 2. The summed E-state index contributed by atoms with van der Waals surface area (Å²) in [6.07, 6.45) is 0. The first-order valence-corrected chi connectivity index (χ1v) is 10.1. The first kappa shape index (κ1) is 15.8. The highest BCUT2D eigenvalue weighted by Gasteiger charge is 2.30. The van der Waals surface area contributed by atoms with Gasteiger partial charge in [0.1, 0.15) is 22.7 Å². The Bertz CT molecular complexity index is 1530. The summed E-state index contributed by atoms with van der Waals surface area (Å²) >= 11 is 0. The fourth-order valence-electron chi connectivity index (χ4n) is 4.66. The second-order valence-corrected chi connectivity index (χ2v) is 7.75. The van der Waals surface area contributed by atoms with Gasteiger partial charge in [0.15, 0.2) is 0 Å². The monoisotopic (exact) mass is 384 g/mol. The molecule has 0 unspecified atom stereocenters. The van der Waals surface area contributed by atoms with Gasteiger partial charge in [-0.3, -0.25) is 0 Å². The van der Waals surface area contributed by atoms with E-state index in [1.165, 1.54) is 22.3 Å². The van der Waals surface area contributed by atoms with E-state index in [0.29, 0.717) is 0 Å². The molecule has 0 bridgehead atoms. The lowest BCUT2D eigenvalue weighted by Crippen LogP contribution is -2.02. The highest BCUT2D eigenvalue weighted by atomic mass is 16.3. The van der Waals surface area contributed by atoms with E-state index in [0.717, 1.165) is 44.6 Å². The minimum atomic E-state index is 0.860. The van der Waals surface area contributed by atoms with Crippen molar-refractivity contribution in [1.82, 2.24) is 0 Å². The topological polar surface area (TPSA) is 26.3 Å². The molecule has 0 radical (unpaired) electrons. The molecule has 0 spiro atoms. The molecule has 1 aliphatic rings. The minimum Gasteiger partial charge on any atom is -0.456 e. The molecule has 30 heavy (non-hydrogen) atoms. The zero-order valence-corrected chi connectivity index (χ0v) is 16.1. The van der Waals surface area contributed by atoms with E-state index >= 15 is 0 Å². The Morgan fingerprint density at radius 3 is 1.70 bits per heavy atom. The molecule has 2 aromatic heterocycles. The second kappa shape index (κ2) is 5.74. The number of benzene rings is 4. The average Bonchev–Trinajstić information content (AvgIpc) is 3.40. The van der Waals surface area contributed by atoms with E-state index in [2.05, 4.69) is 60.7 Å². The van der Waals surface area contributed by atoms with Crippen LogP contribution in [0.15, 0.2) is 106 Å². The van der Waals surface area contributed by atoms with Crippen molar-refractivity contribution in [3.63, 3.8) is 0 Å². The van der Waals surface area contributed by atoms with Gasteiger partial charge < -0.3 is 8.83 Å². The first-order valence-electron chi connectivity index (χ1n) is 10.1. The molecule has 0 amide bonds. The minimum absolute atomic E-state index is 0.860. The highest BCUT2D eigenvalue weighted by molar-refractivity contribution is 6.12. The van der Waals surface area contributed by atoms with E-state index in [1.54, 1.807) is 0 Å². The Labute approximate surface area is 173 Å². The van der Waals surface area contributed by atoms with Crippen LogP contribution in [-0.2, 0) is 0 Å². The van der Waals surface area contributed by atoms with E-state index in [9.17, 15) is 0 Å². The summed E-state index contributed by atoms with van der Waals surface area (Å²) in [6, 6.07) is 33.5. The second-order valence-electron chi connectivity index (χ2n) is 7.75. The van der Waals surface area contributed by atoms with Gasteiger partial charge in [0.25, 0.3) is 0 Å². The summed E-state index contributed by atoms with van der Waals surface area (Å²) < 4.78 is 12.6. The van der Waals surface area contributed by atoms with Crippen molar-refractivity contribution in [3.05, 3.63) is 97.1 Å². The van der Waals surface area contributed by atoms with Gasteiger partial charge in [-0.15, -0.1) is 0 Å². The van der Waals surface area contributed by atoms with Crippen molar-refractivity contribution in [2.24, 2.45) is 0 Å². The number of para-hydroxylation sites is 2. The summed E-state index contributed by atoms with van der Waals surface area (Å²) in [7, 11) is 0. The summed E-state index contributed by atoms with van der Waals surface area (Å²) in [5.41, 5.74) is 9.00. The summed E-state index contributed by atoms with van der Waals surface area (Å²) in [5.74, 6) is 1.73. The van der Waals surface area contributed by atoms with Crippen molar-refractivity contribution in [2.45, 2.75) is 0 Å². The molecule has 0 saturated heterocycles. The van der Waals surface area contributed by atoms with Crippen molar-refractivity contribution >= 4 is 21.9 Å². The Balaban J connectivity index is 1.55. The third-order valence-electron chi connectivity index (χ3n) is 6.05. The van der Waals surface area contributed by atoms with E-state index in [1.807, 2.05) is 36.4 Å². The Kier molecular flexibility index (Phi) is 3.03. The molecule has 140 valence electrons. The highest BCUT2D eigenvalue weighted by Crippen LogP contribution is 2.55. The normalized spacial score (nSPS) is 12.0. The van der Waals surface area contributed by atoms with Gasteiger partial charge >= 0.3 is 0 Å². The lowest BCUT2D eigenvalue weighted by atomic mass is 9.76. The van der Waals surface area contributed by atoms with Crippen molar-refractivity contribution in [1.29, 1.82) is 0 Å². The fourth-order valence-corrected chi connectivity index (χ4v) is 4.66. The van der Waals surface area contributed by atoms with Crippen LogP contribution >= 0.6 is 0 Å². The number of rotatable bonds is 2. The Morgan fingerprint density at radius 2 is 0.967 bits per heavy atom.